The van der Waals surface area contributed by atoms with Gasteiger partial charge in [-0.05, 0) is 25.1 Å². The average Bonchev–Trinajstić information content (AvgIpc) is 3.26. The van der Waals surface area contributed by atoms with Crippen LogP contribution in [0.5, 0.6) is 0 Å². The highest BCUT2D eigenvalue weighted by molar-refractivity contribution is 6.74. The second-order valence-electron chi connectivity index (χ2n) is 8.07. The number of esters is 1. The van der Waals surface area contributed by atoms with E-state index in [0.717, 1.165) is 0 Å². The van der Waals surface area contributed by atoms with Gasteiger partial charge in [-0.15, -0.1) is 0 Å². The summed E-state index contributed by atoms with van der Waals surface area (Å²) >= 11 is 0. The van der Waals surface area contributed by atoms with Gasteiger partial charge in [0.25, 0.3) is 0 Å². The maximum absolute atomic E-state index is 14.3. The van der Waals surface area contributed by atoms with E-state index in [-0.39, 0.29) is 18.3 Å². The van der Waals surface area contributed by atoms with E-state index in [0.29, 0.717) is 0 Å². The summed E-state index contributed by atoms with van der Waals surface area (Å²) in [5.74, 6) is -5.49. The molecule has 0 aromatic rings. The Morgan fingerprint density at radius 3 is 2.32 bits per heavy atom. The van der Waals surface area contributed by atoms with Gasteiger partial charge in [-0.25, -0.2) is 4.79 Å². The van der Waals surface area contributed by atoms with Crippen molar-refractivity contribution in [3.05, 3.63) is 0 Å². The number of hydrogen-bond acceptors (Lipinski definition) is 6. The van der Waals surface area contributed by atoms with Crippen molar-refractivity contribution in [2.75, 3.05) is 13.2 Å². The number of carbonyl (C=O) groups is 1. The maximum atomic E-state index is 14.3. The quantitative estimate of drug-likeness (QED) is 0.431. The minimum Gasteiger partial charge on any atom is -0.461 e. The van der Waals surface area contributed by atoms with Crippen LogP contribution >= 0.6 is 0 Å². The van der Waals surface area contributed by atoms with Crippen molar-refractivity contribution in [2.24, 2.45) is 0 Å². The lowest BCUT2D eigenvalue weighted by Gasteiger charge is -2.39. The van der Waals surface area contributed by atoms with Crippen molar-refractivity contribution in [2.45, 2.75) is 82.3 Å². The van der Waals surface area contributed by atoms with E-state index in [9.17, 15) is 18.7 Å². The van der Waals surface area contributed by atoms with E-state index in [2.05, 4.69) is 25.5 Å². The number of carbonyl (C=O) groups excluding carboxylic acids is 1. The van der Waals surface area contributed by atoms with Crippen molar-refractivity contribution in [1.29, 1.82) is 0 Å². The Hall–Kier alpha value is -0.613. The smallest absolute Gasteiger partial charge is 0.379 e. The van der Waals surface area contributed by atoms with Crippen LogP contribution in [0.25, 0.3) is 0 Å². The van der Waals surface area contributed by atoms with Crippen LogP contribution in [-0.4, -0.2) is 69.0 Å². The molecular formula is C16H28F2O6Si. The number of rotatable bonds is 6. The van der Waals surface area contributed by atoms with Gasteiger partial charge in [-0.1, -0.05) is 20.8 Å². The highest BCUT2D eigenvalue weighted by Crippen LogP contribution is 2.44. The number of aliphatic hydroxyl groups is 1. The number of fused-ring (bicyclic) bond motifs is 1. The molecule has 2 fully saturated rings. The molecule has 0 saturated carbocycles. The predicted octanol–water partition coefficient (Wildman–Crippen LogP) is 2.10. The Bertz CT molecular complexity index is 507. The van der Waals surface area contributed by atoms with Crippen molar-refractivity contribution in [3.8, 4) is 0 Å². The monoisotopic (exact) mass is 382 g/mol. The van der Waals surface area contributed by atoms with E-state index in [1.807, 2.05) is 13.1 Å². The molecule has 0 amide bonds. The third-order valence-electron chi connectivity index (χ3n) is 5.22. The molecule has 9 heteroatoms. The molecule has 2 aliphatic rings. The van der Waals surface area contributed by atoms with Crippen LogP contribution < -0.4 is 0 Å². The Morgan fingerprint density at radius 2 is 1.80 bits per heavy atom. The molecule has 0 spiro atoms. The molecule has 0 bridgehead atoms. The molecule has 0 aromatic heterocycles. The number of aliphatic hydroxyl groups excluding tert-OH is 1. The first-order chi connectivity index (χ1) is 11.3. The van der Waals surface area contributed by atoms with Gasteiger partial charge in [0.15, 0.2) is 14.4 Å². The Morgan fingerprint density at radius 1 is 1.20 bits per heavy atom. The number of alkyl halides is 2. The first-order valence-electron chi connectivity index (χ1n) is 8.51. The van der Waals surface area contributed by atoms with Gasteiger partial charge in [0.05, 0.1) is 13.2 Å². The van der Waals surface area contributed by atoms with E-state index >= 15 is 0 Å². The summed E-state index contributed by atoms with van der Waals surface area (Å²) in [7, 11) is -2.14. The molecule has 0 aliphatic carbocycles. The van der Waals surface area contributed by atoms with Crippen LogP contribution in [0, 0.1) is 0 Å². The van der Waals surface area contributed by atoms with Gasteiger partial charge in [-0.2, -0.15) is 8.78 Å². The zero-order valence-corrected chi connectivity index (χ0v) is 16.5. The van der Waals surface area contributed by atoms with Gasteiger partial charge >= 0.3 is 11.9 Å². The Balaban J connectivity index is 2.07. The van der Waals surface area contributed by atoms with Gasteiger partial charge in [0.1, 0.15) is 24.4 Å². The zero-order chi connectivity index (χ0) is 19.2. The molecule has 0 unspecified atom stereocenters. The molecule has 2 aliphatic heterocycles. The normalized spacial score (nSPS) is 32.9. The lowest BCUT2D eigenvalue weighted by Crippen LogP contribution is -2.57. The highest BCUT2D eigenvalue weighted by Gasteiger charge is 2.67. The zero-order valence-electron chi connectivity index (χ0n) is 15.5. The summed E-state index contributed by atoms with van der Waals surface area (Å²) in [5.41, 5.74) is 0. The van der Waals surface area contributed by atoms with E-state index < -0.39 is 50.7 Å². The fraction of sp³-hybridized carbons (Fsp3) is 0.938. The number of ether oxygens (including phenoxy) is 3. The third kappa shape index (κ3) is 4.05. The topological polar surface area (TPSA) is 77.5 Å². The summed E-state index contributed by atoms with van der Waals surface area (Å²) < 4.78 is 49.6. The van der Waals surface area contributed by atoms with Gasteiger partial charge < -0.3 is 23.7 Å². The largest absolute Gasteiger partial charge is 0.461 e. The standard InChI is InChI=1S/C16H28F2O6Si/c1-7-21-14(20)16(17,18)13-12-11(24-12)10(19)9(23-13)8-22-25(5,6)15(2,3)4/h9-13,19H,7-8H2,1-6H3/t9-,10-,11-,12-,13-/m1/s1. The van der Waals surface area contributed by atoms with Gasteiger partial charge in [0.2, 0.25) is 0 Å². The maximum Gasteiger partial charge on any atom is 0.379 e. The summed E-state index contributed by atoms with van der Waals surface area (Å²) in [6, 6.07) is 0. The number of halogens is 2. The SMILES string of the molecule is CCOC(=O)C(F)(F)[C@@H]1O[C@H](CO[Si](C)(C)C(C)(C)C)[C@@H](O)[C@H]2O[C@H]21. The van der Waals surface area contributed by atoms with Crippen molar-refractivity contribution in [3.63, 3.8) is 0 Å². The molecule has 2 heterocycles. The van der Waals surface area contributed by atoms with Crippen molar-refractivity contribution >= 4 is 14.3 Å². The average molecular weight is 382 g/mol. The van der Waals surface area contributed by atoms with Crippen LogP contribution in [0.2, 0.25) is 18.1 Å². The van der Waals surface area contributed by atoms with Crippen LogP contribution in [0.4, 0.5) is 8.78 Å². The Labute approximate surface area is 147 Å². The first-order valence-corrected chi connectivity index (χ1v) is 11.4. The van der Waals surface area contributed by atoms with Crippen LogP contribution in [-0.2, 0) is 23.4 Å². The summed E-state index contributed by atoms with van der Waals surface area (Å²) in [4.78, 5) is 11.6. The summed E-state index contributed by atoms with van der Waals surface area (Å²) in [6.07, 6.45) is -5.62. The predicted molar refractivity (Wildman–Crippen MR) is 88.1 cm³/mol. The minimum absolute atomic E-state index is 0.0281. The highest BCUT2D eigenvalue weighted by atomic mass is 28.4. The molecule has 6 nitrogen and oxygen atoms in total. The van der Waals surface area contributed by atoms with Crippen LogP contribution in [0.3, 0.4) is 0 Å². The molecular weight excluding hydrogens is 354 g/mol. The molecule has 0 radical (unpaired) electrons. The third-order valence-corrected chi connectivity index (χ3v) is 9.72. The number of hydrogen-bond donors (Lipinski definition) is 1. The Kier molecular flexibility index (Phi) is 5.66. The van der Waals surface area contributed by atoms with E-state index in [1.165, 1.54) is 6.92 Å². The molecule has 1 N–H and O–H groups in total. The fourth-order valence-corrected chi connectivity index (χ4v) is 3.51. The minimum atomic E-state index is -3.84. The van der Waals surface area contributed by atoms with Gasteiger partial charge in [-0.3, -0.25) is 0 Å². The van der Waals surface area contributed by atoms with E-state index in [4.69, 9.17) is 13.9 Å². The van der Waals surface area contributed by atoms with Crippen LogP contribution in [0.1, 0.15) is 27.7 Å². The molecule has 2 rings (SSSR count). The number of epoxide rings is 1. The first kappa shape index (κ1) is 20.7. The summed E-state index contributed by atoms with van der Waals surface area (Å²) in [5, 5.41) is 10.2. The fourth-order valence-electron chi connectivity index (χ4n) is 2.49. The second-order valence-corrected chi connectivity index (χ2v) is 12.9. The molecule has 146 valence electrons. The molecule has 0 aromatic carbocycles. The van der Waals surface area contributed by atoms with Crippen molar-refractivity contribution in [1.82, 2.24) is 0 Å². The summed E-state index contributed by atoms with van der Waals surface area (Å²) in [6.45, 7) is 11.5. The van der Waals surface area contributed by atoms with Crippen molar-refractivity contribution < 1.29 is 37.3 Å². The van der Waals surface area contributed by atoms with Gasteiger partial charge in [0, 0.05) is 0 Å². The second kappa shape index (κ2) is 6.84. The lowest BCUT2D eigenvalue weighted by atomic mass is 9.97. The molecule has 5 atom stereocenters. The molecule has 2 saturated heterocycles. The van der Waals surface area contributed by atoms with Crippen LogP contribution in [0.15, 0.2) is 0 Å². The lowest BCUT2D eigenvalue weighted by molar-refractivity contribution is -0.218. The van der Waals surface area contributed by atoms with E-state index in [1.54, 1.807) is 0 Å². The molecule has 25 heavy (non-hydrogen) atoms.